The first-order valence-corrected chi connectivity index (χ1v) is 11.2. The maximum atomic E-state index is 14.7. The Morgan fingerprint density at radius 3 is 2.79 bits per heavy atom. The Bertz CT molecular complexity index is 1460. The van der Waals surface area contributed by atoms with Gasteiger partial charge >= 0.3 is 5.97 Å². The molecule has 0 unspecified atom stereocenters. The zero-order valence-corrected chi connectivity index (χ0v) is 18.4. The molecule has 3 aromatic rings. The molecular formula is C25H23FN2O5. The minimum atomic E-state index is -1.90. The minimum Gasteiger partial charge on any atom is -0.458 e. The van der Waals surface area contributed by atoms with Crippen molar-refractivity contribution in [3.8, 4) is 11.4 Å². The molecule has 0 saturated heterocycles. The monoisotopic (exact) mass is 450 g/mol. The van der Waals surface area contributed by atoms with Crippen molar-refractivity contribution in [2.24, 2.45) is 0 Å². The molecule has 6 rings (SSSR count). The highest BCUT2D eigenvalue weighted by Gasteiger charge is 2.45. The van der Waals surface area contributed by atoms with Gasteiger partial charge < -0.3 is 19.5 Å². The lowest BCUT2D eigenvalue weighted by Gasteiger charge is -2.31. The number of fused-ring (bicyclic) bond motifs is 5. The van der Waals surface area contributed by atoms with Crippen molar-refractivity contribution in [2.75, 3.05) is 6.61 Å². The van der Waals surface area contributed by atoms with Crippen molar-refractivity contribution in [3.05, 3.63) is 61.7 Å². The summed E-state index contributed by atoms with van der Waals surface area (Å²) in [4.78, 5) is 30.6. The molecule has 2 N–H and O–H groups in total. The zero-order valence-electron chi connectivity index (χ0n) is 18.4. The minimum absolute atomic E-state index is 0.0545. The molecule has 2 aliphatic heterocycles. The molecule has 3 aliphatic rings. The maximum absolute atomic E-state index is 14.7. The first kappa shape index (κ1) is 20.5. The van der Waals surface area contributed by atoms with Crippen LogP contribution < -0.4 is 5.56 Å². The second-order valence-electron chi connectivity index (χ2n) is 9.23. The van der Waals surface area contributed by atoms with E-state index in [2.05, 4.69) is 0 Å². The summed E-state index contributed by atoms with van der Waals surface area (Å²) in [5.74, 6) is -1.25. The number of benzene rings is 1. The Morgan fingerprint density at radius 1 is 1.27 bits per heavy atom. The van der Waals surface area contributed by atoms with Crippen LogP contribution in [0.3, 0.4) is 0 Å². The van der Waals surface area contributed by atoms with Crippen LogP contribution in [-0.4, -0.2) is 32.3 Å². The Morgan fingerprint density at radius 2 is 2.06 bits per heavy atom. The molecule has 4 heterocycles. The first-order valence-electron chi connectivity index (χ1n) is 11.2. The fraction of sp³-hybridized carbons (Fsp3) is 0.400. The van der Waals surface area contributed by atoms with Gasteiger partial charge in [-0.15, -0.1) is 0 Å². The van der Waals surface area contributed by atoms with E-state index in [1.54, 1.807) is 24.5 Å². The van der Waals surface area contributed by atoms with Gasteiger partial charge in [-0.3, -0.25) is 4.79 Å². The fourth-order valence-electron chi connectivity index (χ4n) is 5.83. The summed E-state index contributed by atoms with van der Waals surface area (Å²) in [7, 11) is 0. The van der Waals surface area contributed by atoms with E-state index in [9.17, 15) is 24.2 Å². The number of esters is 1. The highest BCUT2D eigenvalue weighted by Crippen LogP contribution is 2.46. The van der Waals surface area contributed by atoms with Gasteiger partial charge in [0.05, 0.1) is 29.0 Å². The summed E-state index contributed by atoms with van der Waals surface area (Å²) in [5, 5.41) is 22.1. The zero-order chi connectivity index (χ0) is 23.2. The van der Waals surface area contributed by atoms with E-state index in [0.717, 1.165) is 22.1 Å². The van der Waals surface area contributed by atoms with Gasteiger partial charge in [0.25, 0.3) is 5.56 Å². The highest BCUT2D eigenvalue weighted by molar-refractivity contribution is 5.93. The smallest absolute Gasteiger partial charge is 0.343 e. The van der Waals surface area contributed by atoms with Gasteiger partial charge in [0, 0.05) is 35.1 Å². The predicted octanol–water partition coefficient (Wildman–Crippen LogP) is 2.55. The van der Waals surface area contributed by atoms with Gasteiger partial charge in [-0.1, -0.05) is 6.92 Å². The largest absolute Gasteiger partial charge is 0.458 e. The van der Waals surface area contributed by atoms with Gasteiger partial charge in [-0.2, -0.15) is 0 Å². The van der Waals surface area contributed by atoms with E-state index in [1.807, 2.05) is 0 Å². The number of hydrogen-bond donors (Lipinski definition) is 2. The lowest BCUT2D eigenvalue weighted by molar-refractivity contribution is -0.172. The molecule has 33 heavy (non-hydrogen) atoms. The lowest BCUT2D eigenvalue weighted by Crippen LogP contribution is -2.44. The number of aliphatic hydroxyl groups is 2. The Hall–Kier alpha value is -3.10. The fourth-order valence-corrected chi connectivity index (χ4v) is 5.83. The first-order chi connectivity index (χ1) is 15.8. The molecule has 1 aliphatic carbocycles. The summed E-state index contributed by atoms with van der Waals surface area (Å²) in [6, 6.07) is 3.07. The molecule has 2 atom stereocenters. The number of cyclic esters (lactones) is 1. The molecule has 0 spiro atoms. The van der Waals surface area contributed by atoms with Crippen molar-refractivity contribution in [2.45, 2.75) is 57.8 Å². The normalized spacial score (nSPS) is 22.7. The van der Waals surface area contributed by atoms with E-state index >= 15 is 0 Å². The second-order valence-corrected chi connectivity index (χ2v) is 9.23. The van der Waals surface area contributed by atoms with Crippen molar-refractivity contribution in [1.29, 1.82) is 0 Å². The van der Waals surface area contributed by atoms with Gasteiger partial charge in [0.2, 0.25) is 0 Å². The molecule has 2 aromatic heterocycles. The Labute approximate surface area is 188 Å². The molecule has 1 aromatic carbocycles. The average Bonchev–Trinajstić information content (AvgIpc) is 3.18. The number of hydrogen-bond acceptors (Lipinski definition) is 6. The topological polar surface area (TPSA) is 102 Å². The summed E-state index contributed by atoms with van der Waals surface area (Å²) < 4.78 is 21.4. The van der Waals surface area contributed by atoms with Gasteiger partial charge in [-0.25, -0.2) is 14.2 Å². The van der Waals surface area contributed by atoms with Crippen LogP contribution >= 0.6 is 0 Å². The molecule has 0 saturated carbocycles. The predicted molar refractivity (Wildman–Crippen MR) is 117 cm³/mol. The summed E-state index contributed by atoms with van der Waals surface area (Å²) in [6.07, 6.45) is 1.40. The number of carbonyl (C=O) groups excluding carboxylic acids is 1. The third kappa shape index (κ3) is 2.48. The highest BCUT2D eigenvalue weighted by atomic mass is 19.1. The molecule has 170 valence electrons. The van der Waals surface area contributed by atoms with Gasteiger partial charge in [0.1, 0.15) is 12.4 Å². The van der Waals surface area contributed by atoms with Crippen LogP contribution in [-0.2, 0) is 34.7 Å². The van der Waals surface area contributed by atoms with Crippen LogP contribution in [0.15, 0.2) is 16.9 Å². The lowest BCUT2D eigenvalue weighted by atomic mass is 9.78. The molecule has 0 amide bonds. The van der Waals surface area contributed by atoms with E-state index in [4.69, 9.17) is 9.72 Å². The molecule has 0 bridgehead atoms. The maximum Gasteiger partial charge on any atom is 0.343 e. The van der Waals surface area contributed by atoms with Crippen molar-refractivity contribution in [3.63, 3.8) is 0 Å². The van der Waals surface area contributed by atoms with E-state index < -0.39 is 11.6 Å². The average molecular weight is 450 g/mol. The van der Waals surface area contributed by atoms with Crippen LogP contribution in [0, 0.1) is 12.7 Å². The number of aryl methyl sites for hydroxylation is 1. The van der Waals surface area contributed by atoms with E-state index in [0.29, 0.717) is 35.3 Å². The standard InChI is InChI=1S/C25H23FN2O5/c1-3-25(32)16-6-19-22-14(8-28(19)23(30)15(16)10-33-24(25)31)20-12(9-29)4-5-13-11(2)17(26)7-18(27-22)21(13)20/h6-7,12,29,32H,3-5,8-10H2,1-2H3/t12-,25+/m1/s1. The van der Waals surface area contributed by atoms with E-state index in [-0.39, 0.29) is 54.6 Å². The number of aromatic nitrogens is 2. The molecule has 0 fully saturated rings. The molecule has 8 heteroatoms. The Kier molecular flexibility index (Phi) is 4.17. The molecule has 0 radical (unpaired) electrons. The third-order valence-electron chi connectivity index (χ3n) is 7.72. The van der Waals surface area contributed by atoms with Crippen molar-refractivity contribution in [1.82, 2.24) is 9.55 Å². The van der Waals surface area contributed by atoms with Crippen LogP contribution in [0.5, 0.6) is 0 Å². The summed E-state index contributed by atoms with van der Waals surface area (Å²) in [5.41, 5.74) is 3.02. The molecular weight excluding hydrogens is 427 g/mol. The van der Waals surface area contributed by atoms with Crippen LogP contribution in [0.2, 0.25) is 0 Å². The number of nitrogens with zero attached hydrogens (tertiary/aromatic N) is 2. The molecule has 7 nitrogen and oxygen atoms in total. The number of carbonyl (C=O) groups is 1. The number of halogens is 1. The SMILES string of the molecule is CC[C@@]1(O)C(=O)OCc2c1cc1n(c2=O)Cc2c-1nc1cc(F)c(C)c3c1c2[C@@H](CO)CC3. The third-order valence-corrected chi connectivity index (χ3v) is 7.72. The second kappa shape index (κ2) is 6.71. The summed E-state index contributed by atoms with van der Waals surface area (Å²) in [6.45, 7) is 3.43. The van der Waals surface area contributed by atoms with Crippen LogP contribution in [0.25, 0.3) is 22.3 Å². The van der Waals surface area contributed by atoms with Crippen LogP contribution in [0.4, 0.5) is 4.39 Å². The van der Waals surface area contributed by atoms with Crippen molar-refractivity contribution >= 4 is 16.9 Å². The number of aliphatic hydroxyl groups excluding tert-OH is 1. The number of ether oxygens (including phenoxy) is 1. The van der Waals surface area contributed by atoms with Crippen LogP contribution in [0.1, 0.15) is 59.1 Å². The number of pyridine rings is 2. The van der Waals surface area contributed by atoms with E-state index in [1.165, 1.54) is 6.07 Å². The van der Waals surface area contributed by atoms with Gasteiger partial charge in [-0.05, 0) is 48.9 Å². The van der Waals surface area contributed by atoms with Gasteiger partial charge in [0.15, 0.2) is 5.60 Å². The summed E-state index contributed by atoms with van der Waals surface area (Å²) >= 11 is 0. The number of rotatable bonds is 2. The Balaban J connectivity index is 1.70. The van der Waals surface area contributed by atoms with Crippen molar-refractivity contribution < 1.29 is 24.1 Å². The quantitative estimate of drug-likeness (QED) is 0.455.